The average molecular weight is 343 g/mol. The molecule has 0 bridgehead atoms. The van der Waals surface area contributed by atoms with Gasteiger partial charge in [0.15, 0.2) is 0 Å². The SMILES string of the molecule is O=C(N[C@H]1CCCC[C@@H]1O)n1c(=O)n(CC2CCC2)c2ccccc21. The van der Waals surface area contributed by atoms with Crippen molar-refractivity contribution in [2.45, 2.75) is 63.6 Å². The zero-order chi connectivity index (χ0) is 17.4. The number of aromatic nitrogens is 2. The summed E-state index contributed by atoms with van der Waals surface area (Å²) in [6.45, 7) is 0.672. The maximum atomic E-state index is 12.9. The Morgan fingerprint density at radius 2 is 1.80 bits per heavy atom. The van der Waals surface area contributed by atoms with Crippen molar-refractivity contribution < 1.29 is 9.90 Å². The molecule has 0 radical (unpaired) electrons. The van der Waals surface area contributed by atoms with E-state index in [0.717, 1.165) is 37.6 Å². The monoisotopic (exact) mass is 343 g/mol. The van der Waals surface area contributed by atoms with Crippen LogP contribution < -0.4 is 11.0 Å². The lowest BCUT2D eigenvalue weighted by Gasteiger charge is -2.28. The summed E-state index contributed by atoms with van der Waals surface area (Å²) in [6, 6.07) is 6.74. The van der Waals surface area contributed by atoms with E-state index in [1.165, 1.54) is 11.0 Å². The topological polar surface area (TPSA) is 76.3 Å². The first kappa shape index (κ1) is 16.4. The van der Waals surface area contributed by atoms with Crippen LogP contribution in [0.5, 0.6) is 0 Å². The number of rotatable bonds is 3. The van der Waals surface area contributed by atoms with Crippen LogP contribution in [-0.4, -0.2) is 32.4 Å². The Kier molecular flexibility index (Phi) is 4.37. The smallest absolute Gasteiger partial charge is 0.337 e. The van der Waals surface area contributed by atoms with Crippen molar-refractivity contribution in [1.29, 1.82) is 0 Å². The Morgan fingerprint density at radius 3 is 2.48 bits per heavy atom. The van der Waals surface area contributed by atoms with Gasteiger partial charge in [-0.15, -0.1) is 0 Å². The highest BCUT2D eigenvalue weighted by molar-refractivity contribution is 5.89. The molecule has 2 aliphatic rings. The van der Waals surface area contributed by atoms with Crippen LogP contribution in [0.25, 0.3) is 11.0 Å². The molecule has 2 fully saturated rings. The molecule has 6 nitrogen and oxygen atoms in total. The van der Waals surface area contributed by atoms with Gasteiger partial charge in [-0.1, -0.05) is 31.4 Å². The summed E-state index contributed by atoms with van der Waals surface area (Å²) in [7, 11) is 0. The van der Waals surface area contributed by atoms with E-state index in [4.69, 9.17) is 0 Å². The van der Waals surface area contributed by atoms with Gasteiger partial charge in [0.1, 0.15) is 0 Å². The predicted molar refractivity (Wildman–Crippen MR) is 95.7 cm³/mol. The first-order valence-corrected chi connectivity index (χ1v) is 9.34. The van der Waals surface area contributed by atoms with Crippen molar-refractivity contribution >= 4 is 17.1 Å². The number of aliphatic hydroxyl groups excluding tert-OH is 1. The van der Waals surface area contributed by atoms with Crippen molar-refractivity contribution in [3.63, 3.8) is 0 Å². The molecule has 6 heteroatoms. The first-order valence-electron chi connectivity index (χ1n) is 9.34. The highest BCUT2D eigenvalue weighted by Crippen LogP contribution is 2.28. The van der Waals surface area contributed by atoms with E-state index in [0.29, 0.717) is 24.4 Å². The van der Waals surface area contributed by atoms with Crippen LogP contribution in [0.15, 0.2) is 29.1 Å². The highest BCUT2D eigenvalue weighted by Gasteiger charge is 2.28. The minimum absolute atomic E-state index is 0.276. The summed E-state index contributed by atoms with van der Waals surface area (Å²) >= 11 is 0. The molecule has 2 N–H and O–H groups in total. The number of carbonyl (C=O) groups excluding carboxylic acids is 1. The predicted octanol–water partition coefficient (Wildman–Crippen LogP) is 2.46. The van der Waals surface area contributed by atoms with Gasteiger partial charge in [0.2, 0.25) is 0 Å². The van der Waals surface area contributed by atoms with Gasteiger partial charge >= 0.3 is 11.7 Å². The Hall–Kier alpha value is -2.08. The summed E-state index contributed by atoms with van der Waals surface area (Å²) in [4.78, 5) is 25.7. The molecule has 4 rings (SSSR count). The zero-order valence-electron chi connectivity index (χ0n) is 14.4. The van der Waals surface area contributed by atoms with Crippen LogP contribution in [-0.2, 0) is 6.54 Å². The second-order valence-electron chi connectivity index (χ2n) is 7.42. The zero-order valence-corrected chi connectivity index (χ0v) is 14.4. The van der Waals surface area contributed by atoms with E-state index >= 15 is 0 Å². The van der Waals surface area contributed by atoms with E-state index in [2.05, 4.69) is 5.32 Å². The first-order chi connectivity index (χ1) is 12.1. The number of aliphatic hydroxyl groups is 1. The van der Waals surface area contributed by atoms with Crippen LogP contribution in [0.1, 0.15) is 44.9 Å². The minimum Gasteiger partial charge on any atom is -0.391 e. The molecule has 2 aliphatic carbocycles. The molecule has 2 saturated carbocycles. The summed E-state index contributed by atoms with van der Waals surface area (Å²) in [5.41, 5.74) is 1.16. The third-order valence-corrected chi connectivity index (χ3v) is 5.74. The normalized spacial score (nSPS) is 24.2. The van der Waals surface area contributed by atoms with E-state index in [9.17, 15) is 14.7 Å². The van der Waals surface area contributed by atoms with Gasteiger partial charge in [0.05, 0.1) is 23.2 Å². The fourth-order valence-electron chi connectivity index (χ4n) is 4.02. The third kappa shape index (κ3) is 2.99. The molecule has 25 heavy (non-hydrogen) atoms. The van der Waals surface area contributed by atoms with Crippen molar-refractivity contribution in [2.75, 3.05) is 0 Å². The maximum absolute atomic E-state index is 12.9. The van der Waals surface area contributed by atoms with Crippen LogP contribution >= 0.6 is 0 Å². The van der Waals surface area contributed by atoms with Crippen molar-refractivity contribution in [2.24, 2.45) is 5.92 Å². The minimum atomic E-state index is -0.531. The van der Waals surface area contributed by atoms with Crippen molar-refractivity contribution in [3.05, 3.63) is 34.7 Å². The van der Waals surface area contributed by atoms with Crippen molar-refractivity contribution in [3.8, 4) is 0 Å². The fraction of sp³-hybridized carbons (Fsp3) is 0.579. The maximum Gasteiger partial charge on any atom is 0.337 e. The van der Waals surface area contributed by atoms with E-state index in [1.807, 2.05) is 24.3 Å². The standard InChI is InChI=1S/C19H25N3O3/c23-17-11-4-1-8-14(17)20-18(24)22-16-10-3-2-9-15(16)21(19(22)25)12-13-6-5-7-13/h2-3,9-10,13-14,17,23H,1,4-8,11-12H2,(H,20,24)/t14-,17-/m0/s1. The Balaban J connectivity index is 1.67. The van der Waals surface area contributed by atoms with Crippen LogP contribution in [0, 0.1) is 5.92 Å². The number of para-hydroxylation sites is 2. The van der Waals surface area contributed by atoms with Gasteiger partial charge in [-0.05, 0) is 43.7 Å². The number of hydrogen-bond acceptors (Lipinski definition) is 3. The number of fused-ring (bicyclic) bond motifs is 1. The Bertz CT molecular complexity index is 834. The summed E-state index contributed by atoms with van der Waals surface area (Å²) in [6.07, 6.45) is 6.40. The number of carbonyl (C=O) groups is 1. The van der Waals surface area contributed by atoms with Gasteiger partial charge < -0.3 is 10.4 Å². The molecule has 0 aliphatic heterocycles. The van der Waals surface area contributed by atoms with Gasteiger partial charge in [0.25, 0.3) is 0 Å². The molecule has 134 valence electrons. The molecule has 0 saturated heterocycles. The molecule has 1 aromatic heterocycles. The molecular weight excluding hydrogens is 318 g/mol. The fourth-order valence-corrected chi connectivity index (χ4v) is 4.02. The van der Waals surface area contributed by atoms with Crippen LogP contribution in [0.4, 0.5) is 4.79 Å². The molecule has 2 aromatic rings. The van der Waals surface area contributed by atoms with E-state index < -0.39 is 12.1 Å². The number of nitrogens with zero attached hydrogens (tertiary/aromatic N) is 2. The van der Waals surface area contributed by atoms with Crippen LogP contribution in [0.3, 0.4) is 0 Å². The lowest BCUT2D eigenvalue weighted by Crippen LogP contribution is -2.48. The molecular formula is C19H25N3O3. The molecule has 0 unspecified atom stereocenters. The summed E-state index contributed by atoms with van der Waals surface area (Å²) in [5, 5.41) is 13.0. The molecule has 2 atom stereocenters. The van der Waals surface area contributed by atoms with Crippen LogP contribution in [0.2, 0.25) is 0 Å². The summed E-state index contributed by atoms with van der Waals surface area (Å²) < 4.78 is 2.96. The number of amides is 1. The number of hydrogen-bond donors (Lipinski definition) is 2. The summed E-state index contributed by atoms with van der Waals surface area (Å²) in [5.74, 6) is 0.528. The number of imidazole rings is 1. The molecule has 1 aromatic carbocycles. The quantitative estimate of drug-likeness (QED) is 0.899. The van der Waals surface area contributed by atoms with E-state index in [-0.39, 0.29) is 11.7 Å². The van der Waals surface area contributed by atoms with Crippen molar-refractivity contribution in [1.82, 2.24) is 14.5 Å². The van der Waals surface area contributed by atoms with E-state index in [1.54, 1.807) is 4.57 Å². The highest BCUT2D eigenvalue weighted by atomic mass is 16.3. The second kappa shape index (κ2) is 6.67. The second-order valence-corrected chi connectivity index (χ2v) is 7.42. The Morgan fingerprint density at radius 1 is 1.08 bits per heavy atom. The molecule has 1 amide bonds. The lowest BCUT2D eigenvalue weighted by molar-refractivity contribution is 0.0944. The van der Waals surface area contributed by atoms with Gasteiger partial charge in [-0.2, -0.15) is 0 Å². The van der Waals surface area contributed by atoms with Gasteiger partial charge in [-0.3, -0.25) is 4.57 Å². The van der Waals surface area contributed by atoms with Gasteiger partial charge in [-0.25, -0.2) is 14.2 Å². The molecule has 0 spiro atoms. The molecule has 1 heterocycles. The van der Waals surface area contributed by atoms with Gasteiger partial charge in [0, 0.05) is 6.54 Å². The number of nitrogens with one attached hydrogen (secondary N) is 1. The Labute approximate surface area is 146 Å². The lowest BCUT2D eigenvalue weighted by atomic mass is 9.85. The average Bonchev–Trinajstić information content (AvgIpc) is 2.85. The largest absolute Gasteiger partial charge is 0.391 e. The number of benzene rings is 1. The third-order valence-electron chi connectivity index (χ3n) is 5.74.